The molecule has 0 N–H and O–H groups in total. The van der Waals surface area contributed by atoms with E-state index in [1.165, 1.54) is 4.70 Å². The maximum atomic E-state index is 12.1. The molecule has 0 radical (unpaired) electrons. The van der Waals surface area contributed by atoms with Gasteiger partial charge in [0.2, 0.25) is 0 Å². The van der Waals surface area contributed by atoms with Gasteiger partial charge in [-0.25, -0.2) is 9.78 Å². The number of hydrogen-bond donors (Lipinski definition) is 0. The van der Waals surface area contributed by atoms with Crippen LogP contribution in [0.15, 0.2) is 28.6 Å². The lowest BCUT2D eigenvalue weighted by molar-refractivity contribution is 0.0289. The summed E-state index contributed by atoms with van der Waals surface area (Å²) in [6, 6.07) is 8.23. The van der Waals surface area contributed by atoms with E-state index in [1.54, 1.807) is 23.1 Å². The molecule has 0 aliphatic carbocycles. The van der Waals surface area contributed by atoms with E-state index in [1.807, 2.05) is 37.8 Å². The zero-order chi connectivity index (χ0) is 16.4. The Morgan fingerprint density at radius 2 is 2.22 bits per heavy atom. The molecule has 1 atom stereocenters. The van der Waals surface area contributed by atoms with E-state index in [-0.39, 0.29) is 6.09 Å². The summed E-state index contributed by atoms with van der Waals surface area (Å²) < 4.78 is 7.79. The maximum absolute atomic E-state index is 12.1. The van der Waals surface area contributed by atoms with Crippen molar-refractivity contribution in [3.63, 3.8) is 0 Å². The fourth-order valence-corrected chi connectivity index (χ4v) is 4.78. The molecule has 0 spiro atoms. The third-order valence-electron chi connectivity index (χ3n) is 3.65. The molecular weight excluding hydrogens is 328 g/mol. The topological polar surface area (TPSA) is 42.4 Å². The van der Waals surface area contributed by atoms with Crippen LogP contribution in [0.5, 0.6) is 0 Å². The minimum absolute atomic E-state index is 0.190. The molecule has 2 heterocycles. The number of carbonyl (C=O) groups is 1. The minimum Gasteiger partial charge on any atom is -0.444 e. The van der Waals surface area contributed by atoms with Crippen LogP contribution in [0, 0.1) is 5.92 Å². The van der Waals surface area contributed by atoms with Gasteiger partial charge in [0, 0.05) is 18.8 Å². The first kappa shape index (κ1) is 16.6. The smallest absolute Gasteiger partial charge is 0.410 e. The monoisotopic (exact) mass is 350 g/mol. The number of rotatable bonds is 3. The van der Waals surface area contributed by atoms with Gasteiger partial charge in [0.15, 0.2) is 4.34 Å². The zero-order valence-corrected chi connectivity index (χ0v) is 15.4. The highest BCUT2D eigenvalue weighted by molar-refractivity contribution is 8.01. The van der Waals surface area contributed by atoms with E-state index in [0.29, 0.717) is 5.92 Å². The fourth-order valence-electron chi connectivity index (χ4n) is 2.56. The van der Waals surface area contributed by atoms with Gasteiger partial charge in [0.05, 0.1) is 10.2 Å². The van der Waals surface area contributed by atoms with Crippen molar-refractivity contribution in [1.29, 1.82) is 0 Å². The number of carbonyl (C=O) groups excluding carboxylic acids is 1. The Kier molecular flexibility index (Phi) is 4.82. The number of thiazole rings is 1. The molecule has 1 saturated heterocycles. The van der Waals surface area contributed by atoms with E-state index in [4.69, 9.17) is 4.74 Å². The van der Waals surface area contributed by atoms with Crippen LogP contribution in [0.3, 0.4) is 0 Å². The SMILES string of the molecule is CC(C)(C)OC(=O)N1CC[C@H](CSc2nc3ccccc3s2)C1. The molecule has 4 nitrogen and oxygen atoms in total. The first-order valence-corrected chi connectivity index (χ1v) is 9.67. The van der Waals surface area contributed by atoms with Crippen LogP contribution < -0.4 is 0 Å². The number of para-hydroxylation sites is 1. The molecule has 0 bridgehead atoms. The minimum atomic E-state index is -0.426. The Morgan fingerprint density at radius 1 is 1.43 bits per heavy atom. The van der Waals surface area contributed by atoms with Crippen LogP contribution in [-0.4, -0.2) is 40.4 Å². The number of fused-ring (bicyclic) bond motifs is 1. The van der Waals surface area contributed by atoms with Crippen molar-refractivity contribution >= 4 is 39.4 Å². The predicted molar refractivity (Wildman–Crippen MR) is 96.3 cm³/mol. The van der Waals surface area contributed by atoms with E-state index in [0.717, 1.165) is 35.1 Å². The summed E-state index contributed by atoms with van der Waals surface area (Å²) in [7, 11) is 0. The Labute approximate surface area is 145 Å². The third kappa shape index (κ3) is 4.38. The normalized spacial score (nSPS) is 18.6. The highest BCUT2D eigenvalue weighted by Gasteiger charge is 2.29. The van der Waals surface area contributed by atoms with Crippen molar-refractivity contribution < 1.29 is 9.53 Å². The third-order valence-corrected chi connectivity index (χ3v) is 6.07. The molecule has 6 heteroatoms. The molecule has 1 aliphatic rings. The van der Waals surface area contributed by atoms with Gasteiger partial charge in [-0.1, -0.05) is 23.9 Å². The van der Waals surface area contributed by atoms with Crippen molar-refractivity contribution in [2.24, 2.45) is 5.92 Å². The number of hydrogen-bond acceptors (Lipinski definition) is 5. The number of aromatic nitrogens is 1. The summed E-state index contributed by atoms with van der Waals surface area (Å²) in [4.78, 5) is 18.6. The summed E-state index contributed by atoms with van der Waals surface area (Å²) in [5.74, 6) is 1.51. The number of thioether (sulfide) groups is 1. The highest BCUT2D eigenvalue weighted by atomic mass is 32.2. The summed E-state index contributed by atoms with van der Waals surface area (Å²) in [6.45, 7) is 7.29. The Morgan fingerprint density at radius 3 is 2.96 bits per heavy atom. The number of nitrogens with zero attached hydrogens (tertiary/aromatic N) is 2. The van der Waals surface area contributed by atoms with E-state index in [2.05, 4.69) is 17.1 Å². The number of likely N-dealkylation sites (tertiary alicyclic amines) is 1. The Balaban J connectivity index is 1.51. The molecule has 0 saturated carbocycles. The molecule has 1 fully saturated rings. The molecule has 23 heavy (non-hydrogen) atoms. The average Bonchev–Trinajstić information content (AvgIpc) is 3.09. The van der Waals surface area contributed by atoms with Gasteiger partial charge < -0.3 is 9.64 Å². The van der Waals surface area contributed by atoms with Crippen molar-refractivity contribution in [2.75, 3.05) is 18.8 Å². The van der Waals surface area contributed by atoms with Crippen LogP contribution in [-0.2, 0) is 4.74 Å². The Hall–Kier alpha value is -1.27. The lowest BCUT2D eigenvalue weighted by atomic mass is 10.2. The molecule has 3 rings (SSSR count). The molecule has 1 amide bonds. The van der Waals surface area contributed by atoms with Gasteiger partial charge in [-0.2, -0.15) is 0 Å². The summed E-state index contributed by atoms with van der Waals surface area (Å²) in [5.41, 5.74) is 0.645. The summed E-state index contributed by atoms with van der Waals surface area (Å²) in [5, 5.41) is 0. The predicted octanol–water partition coefficient (Wildman–Crippen LogP) is 4.65. The van der Waals surface area contributed by atoms with Crippen molar-refractivity contribution in [2.45, 2.75) is 37.1 Å². The second kappa shape index (κ2) is 6.69. The summed E-state index contributed by atoms with van der Waals surface area (Å²) >= 11 is 3.54. The molecule has 1 aromatic heterocycles. The van der Waals surface area contributed by atoms with Crippen LogP contribution in [0.25, 0.3) is 10.2 Å². The van der Waals surface area contributed by atoms with Crippen LogP contribution in [0.1, 0.15) is 27.2 Å². The second-order valence-electron chi connectivity index (χ2n) is 6.84. The van der Waals surface area contributed by atoms with Crippen molar-refractivity contribution in [1.82, 2.24) is 9.88 Å². The fraction of sp³-hybridized carbons (Fsp3) is 0.529. The first-order valence-electron chi connectivity index (χ1n) is 7.87. The summed E-state index contributed by atoms with van der Waals surface area (Å²) in [6.07, 6.45) is 0.849. The van der Waals surface area contributed by atoms with Crippen LogP contribution in [0.2, 0.25) is 0 Å². The number of ether oxygens (including phenoxy) is 1. The standard InChI is InChI=1S/C17H22N2O2S2/c1-17(2,3)21-16(20)19-9-8-12(10-19)11-22-15-18-13-6-4-5-7-14(13)23-15/h4-7,12H,8-11H2,1-3H3/t12-/m0/s1. The molecular formula is C17H22N2O2S2. The molecule has 2 aromatic rings. The first-order chi connectivity index (χ1) is 10.9. The van der Waals surface area contributed by atoms with Crippen LogP contribution in [0.4, 0.5) is 4.79 Å². The molecule has 1 aromatic carbocycles. The molecule has 1 aliphatic heterocycles. The van der Waals surface area contributed by atoms with E-state index >= 15 is 0 Å². The second-order valence-corrected chi connectivity index (χ2v) is 9.14. The highest BCUT2D eigenvalue weighted by Crippen LogP contribution is 2.32. The van der Waals surface area contributed by atoms with E-state index in [9.17, 15) is 4.79 Å². The largest absolute Gasteiger partial charge is 0.444 e. The lowest BCUT2D eigenvalue weighted by Gasteiger charge is -2.24. The zero-order valence-electron chi connectivity index (χ0n) is 13.7. The van der Waals surface area contributed by atoms with Gasteiger partial charge >= 0.3 is 6.09 Å². The maximum Gasteiger partial charge on any atom is 0.410 e. The average molecular weight is 351 g/mol. The van der Waals surface area contributed by atoms with Crippen molar-refractivity contribution in [3.8, 4) is 0 Å². The Bertz CT molecular complexity index is 660. The van der Waals surface area contributed by atoms with Gasteiger partial charge in [-0.05, 0) is 45.2 Å². The van der Waals surface area contributed by atoms with Crippen molar-refractivity contribution in [3.05, 3.63) is 24.3 Å². The molecule has 124 valence electrons. The van der Waals surface area contributed by atoms with Gasteiger partial charge in [0.25, 0.3) is 0 Å². The van der Waals surface area contributed by atoms with Crippen LogP contribution >= 0.6 is 23.1 Å². The van der Waals surface area contributed by atoms with Gasteiger partial charge in [-0.3, -0.25) is 0 Å². The number of amides is 1. The molecule has 0 unspecified atom stereocenters. The van der Waals surface area contributed by atoms with E-state index < -0.39 is 5.60 Å². The van der Waals surface area contributed by atoms with Gasteiger partial charge in [-0.15, -0.1) is 11.3 Å². The quantitative estimate of drug-likeness (QED) is 0.756. The lowest BCUT2D eigenvalue weighted by Crippen LogP contribution is -2.35. The van der Waals surface area contributed by atoms with Gasteiger partial charge in [0.1, 0.15) is 5.60 Å². The number of benzene rings is 1.